The minimum atomic E-state index is -0.845. The Morgan fingerprint density at radius 3 is 2.15 bits per heavy atom. The van der Waals surface area contributed by atoms with E-state index in [-0.39, 0.29) is 11.1 Å². The van der Waals surface area contributed by atoms with Gasteiger partial charge in [-0.05, 0) is 53.3 Å². The number of benzene rings is 3. The van der Waals surface area contributed by atoms with Gasteiger partial charge in [0.1, 0.15) is 5.82 Å². The summed E-state index contributed by atoms with van der Waals surface area (Å²) in [6.45, 7) is 2.26. The summed E-state index contributed by atoms with van der Waals surface area (Å²) in [4.78, 5) is 0. The molecule has 0 bridgehead atoms. The minimum Gasteiger partial charge on any atom is -0.491 e. The van der Waals surface area contributed by atoms with E-state index in [2.05, 4.69) is 6.92 Å². The van der Waals surface area contributed by atoms with Crippen LogP contribution >= 0.6 is 0 Å². The fourth-order valence-corrected chi connectivity index (χ4v) is 5.49. The average Bonchev–Trinajstić information content (AvgIpc) is 2.83. The topological polar surface area (TPSA) is 9.23 Å². The molecule has 0 atom stereocenters. The van der Waals surface area contributed by atoms with E-state index in [0.717, 1.165) is 35.8 Å². The fraction of sp³-hybridized carbons (Fsp3) is 0.467. The van der Waals surface area contributed by atoms with E-state index in [1.165, 1.54) is 70.5 Å². The number of halogens is 3. The largest absolute Gasteiger partial charge is 0.491 e. The predicted molar refractivity (Wildman–Crippen MR) is 134 cm³/mol. The van der Waals surface area contributed by atoms with Crippen LogP contribution in [0, 0.1) is 29.3 Å². The first-order valence-electron chi connectivity index (χ1n) is 12.7. The summed E-state index contributed by atoms with van der Waals surface area (Å²) in [6, 6.07) is 11.5. The molecule has 4 heteroatoms. The van der Waals surface area contributed by atoms with Gasteiger partial charge in [0.05, 0.1) is 7.11 Å². The van der Waals surface area contributed by atoms with Crippen molar-refractivity contribution in [2.45, 2.75) is 71.1 Å². The third-order valence-corrected chi connectivity index (χ3v) is 7.56. The van der Waals surface area contributed by atoms with E-state index in [4.69, 9.17) is 4.74 Å². The number of unbranched alkanes of at least 4 members (excludes halogenated alkanes) is 2. The smallest absolute Gasteiger partial charge is 0.190 e. The lowest BCUT2D eigenvalue weighted by Gasteiger charge is -2.28. The van der Waals surface area contributed by atoms with Crippen molar-refractivity contribution in [1.29, 1.82) is 0 Å². The molecule has 182 valence electrons. The summed E-state index contributed by atoms with van der Waals surface area (Å²) in [5.41, 5.74) is 1.55. The van der Waals surface area contributed by atoms with Crippen LogP contribution in [0.3, 0.4) is 0 Å². The molecule has 0 radical (unpaired) electrons. The average molecular weight is 469 g/mol. The van der Waals surface area contributed by atoms with Crippen molar-refractivity contribution in [3.05, 3.63) is 65.5 Å². The zero-order valence-electron chi connectivity index (χ0n) is 20.3. The highest BCUT2D eigenvalue weighted by molar-refractivity contribution is 5.88. The maximum Gasteiger partial charge on any atom is 0.190 e. The molecule has 34 heavy (non-hydrogen) atoms. The van der Waals surface area contributed by atoms with Crippen molar-refractivity contribution < 1.29 is 17.9 Å². The van der Waals surface area contributed by atoms with Gasteiger partial charge >= 0.3 is 0 Å². The van der Waals surface area contributed by atoms with Crippen LogP contribution in [0.5, 0.6) is 5.75 Å². The normalized spacial score (nSPS) is 18.4. The van der Waals surface area contributed by atoms with Gasteiger partial charge in [0.25, 0.3) is 0 Å². The monoisotopic (exact) mass is 468 g/mol. The van der Waals surface area contributed by atoms with Gasteiger partial charge in [0.2, 0.25) is 0 Å². The number of aryl methyl sites for hydroxylation is 1. The van der Waals surface area contributed by atoms with E-state index < -0.39 is 23.2 Å². The minimum absolute atomic E-state index is 0.157. The van der Waals surface area contributed by atoms with E-state index in [0.29, 0.717) is 5.39 Å². The number of hydrogen-bond acceptors (Lipinski definition) is 1. The predicted octanol–water partition coefficient (Wildman–Crippen LogP) is 9.25. The molecular weight excluding hydrogens is 433 g/mol. The zero-order valence-corrected chi connectivity index (χ0v) is 20.3. The van der Waals surface area contributed by atoms with Crippen molar-refractivity contribution in [2.24, 2.45) is 11.8 Å². The molecule has 0 amide bonds. The Hall–Kier alpha value is -2.49. The van der Waals surface area contributed by atoms with Crippen molar-refractivity contribution in [3.8, 4) is 16.9 Å². The van der Waals surface area contributed by atoms with Gasteiger partial charge in [-0.3, -0.25) is 0 Å². The van der Waals surface area contributed by atoms with E-state index in [1.54, 1.807) is 12.1 Å². The molecule has 0 heterocycles. The molecule has 0 aliphatic heterocycles. The van der Waals surface area contributed by atoms with E-state index in [9.17, 15) is 8.78 Å². The van der Waals surface area contributed by atoms with Crippen LogP contribution in [0.1, 0.15) is 70.3 Å². The molecule has 0 unspecified atom stereocenters. The van der Waals surface area contributed by atoms with Gasteiger partial charge in [0, 0.05) is 10.9 Å². The summed E-state index contributed by atoms with van der Waals surface area (Å²) < 4.78 is 48.3. The first-order valence-corrected chi connectivity index (χ1v) is 12.7. The lowest BCUT2D eigenvalue weighted by molar-refractivity contribution is 0.249. The van der Waals surface area contributed by atoms with Crippen LogP contribution in [0.4, 0.5) is 13.2 Å². The van der Waals surface area contributed by atoms with Crippen molar-refractivity contribution >= 4 is 10.8 Å². The molecule has 1 aliphatic rings. The zero-order chi connectivity index (χ0) is 24.1. The van der Waals surface area contributed by atoms with Gasteiger partial charge in [-0.25, -0.2) is 13.2 Å². The van der Waals surface area contributed by atoms with E-state index in [1.807, 2.05) is 18.2 Å². The number of ether oxygens (including phenoxy) is 1. The Labute approximate surface area is 201 Å². The molecule has 3 aromatic carbocycles. The maximum atomic E-state index is 15.3. The molecule has 4 rings (SSSR count). The Bertz CT molecular complexity index is 1090. The van der Waals surface area contributed by atoms with E-state index >= 15 is 4.39 Å². The van der Waals surface area contributed by atoms with Crippen LogP contribution in [0.15, 0.2) is 42.5 Å². The van der Waals surface area contributed by atoms with Gasteiger partial charge < -0.3 is 4.74 Å². The molecule has 1 aliphatic carbocycles. The Morgan fingerprint density at radius 1 is 0.824 bits per heavy atom. The van der Waals surface area contributed by atoms with Crippen LogP contribution in [-0.4, -0.2) is 7.11 Å². The summed E-state index contributed by atoms with van der Waals surface area (Å²) in [5, 5.41) is 1.28. The van der Waals surface area contributed by atoms with Crippen molar-refractivity contribution in [1.82, 2.24) is 0 Å². The van der Waals surface area contributed by atoms with Crippen molar-refractivity contribution in [2.75, 3.05) is 7.11 Å². The molecule has 0 saturated heterocycles. The second kappa shape index (κ2) is 11.3. The third-order valence-electron chi connectivity index (χ3n) is 7.56. The lowest BCUT2D eigenvalue weighted by Crippen LogP contribution is -2.15. The first kappa shape index (κ1) is 24.6. The second-order valence-corrected chi connectivity index (χ2v) is 9.88. The highest BCUT2D eigenvalue weighted by Gasteiger charge is 2.21. The number of methoxy groups -OCH3 is 1. The fourth-order valence-electron chi connectivity index (χ4n) is 5.49. The van der Waals surface area contributed by atoms with Gasteiger partial charge in [-0.1, -0.05) is 88.6 Å². The molecule has 3 aromatic rings. The van der Waals surface area contributed by atoms with Gasteiger partial charge in [-0.15, -0.1) is 0 Å². The molecule has 1 nitrogen and oxygen atoms in total. The maximum absolute atomic E-state index is 15.3. The summed E-state index contributed by atoms with van der Waals surface area (Å²) >= 11 is 0. The number of hydrogen-bond donors (Lipinski definition) is 0. The van der Waals surface area contributed by atoms with Crippen LogP contribution in [0.2, 0.25) is 0 Å². The lowest BCUT2D eigenvalue weighted by atomic mass is 9.77. The highest BCUT2D eigenvalue weighted by atomic mass is 19.1. The highest BCUT2D eigenvalue weighted by Crippen LogP contribution is 2.36. The Kier molecular flexibility index (Phi) is 8.18. The SMILES string of the molecule is CCCCC[C@H]1CC[C@H](CCc2ccc3c(F)c(-c4cc(F)c(OC)c(F)c4)ccc3c2)CC1. The third kappa shape index (κ3) is 5.59. The molecular formula is C30H35F3O. The van der Waals surface area contributed by atoms with Crippen LogP contribution in [0.25, 0.3) is 21.9 Å². The first-order chi connectivity index (χ1) is 16.5. The molecule has 1 saturated carbocycles. The van der Waals surface area contributed by atoms with Crippen LogP contribution in [-0.2, 0) is 6.42 Å². The molecule has 0 spiro atoms. The van der Waals surface area contributed by atoms with Gasteiger partial charge in [-0.2, -0.15) is 0 Å². The quantitative estimate of drug-likeness (QED) is 0.284. The van der Waals surface area contributed by atoms with Crippen molar-refractivity contribution in [3.63, 3.8) is 0 Å². The number of fused-ring (bicyclic) bond motifs is 1. The summed E-state index contributed by atoms with van der Waals surface area (Å²) in [5.74, 6) is -0.899. The second-order valence-electron chi connectivity index (χ2n) is 9.88. The summed E-state index contributed by atoms with van der Waals surface area (Å²) in [6.07, 6.45) is 13.0. The number of rotatable bonds is 9. The standard InChI is InChI=1S/C30H35F3O/c1-3-4-5-6-20-7-9-21(10-8-20)11-12-22-13-15-25-23(17-22)14-16-26(29(25)33)24-18-27(31)30(34-2)28(32)19-24/h13-21H,3-12H2,1-2H3/t20-,21-. The molecule has 0 aromatic heterocycles. The Balaban J connectivity index is 1.41. The van der Waals surface area contributed by atoms with Gasteiger partial charge in [0.15, 0.2) is 17.4 Å². The molecule has 0 N–H and O–H groups in total. The Morgan fingerprint density at radius 2 is 1.50 bits per heavy atom. The molecule has 1 fully saturated rings. The van der Waals surface area contributed by atoms with Crippen LogP contribution < -0.4 is 4.74 Å². The summed E-state index contributed by atoms with van der Waals surface area (Å²) in [7, 11) is 1.20.